The van der Waals surface area contributed by atoms with Crippen LogP contribution < -0.4 is 15.4 Å². The minimum atomic E-state index is -0.611. The highest BCUT2D eigenvalue weighted by Crippen LogP contribution is 2.16. The number of nitrogens with zero attached hydrogens (tertiary/aromatic N) is 2. The lowest BCUT2D eigenvalue weighted by Gasteiger charge is -2.39. The van der Waals surface area contributed by atoms with Gasteiger partial charge in [0.25, 0.3) is 5.91 Å². The predicted octanol–water partition coefficient (Wildman–Crippen LogP) is -0.488. The number of benzene rings is 1. The van der Waals surface area contributed by atoms with Gasteiger partial charge in [-0.2, -0.15) is 4.99 Å². The van der Waals surface area contributed by atoms with Crippen molar-refractivity contribution in [1.82, 2.24) is 15.5 Å². The molecular formula is C15H16N4O4. The molecule has 3 amide bonds. The van der Waals surface area contributed by atoms with Crippen molar-refractivity contribution in [3.05, 3.63) is 29.8 Å². The zero-order valence-electron chi connectivity index (χ0n) is 12.5. The van der Waals surface area contributed by atoms with Gasteiger partial charge in [-0.3, -0.25) is 19.7 Å². The number of ether oxygens (including phenoxy) is 1. The van der Waals surface area contributed by atoms with E-state index in [4.69, 9.17) is 4.74 Å². The van der Waals surface area contributed by atoms with E-state index in [-0.39, 0.29) is 24.2 Å². The number of hydrogen-bond acceptors (Lipinski definition) is 4. The van der Waals surface area contributed by atoms with Crippen LogP contribution in [0, 0.1) is 0 Å². The number of guanidine groups is 1. The van der Waals surface area contributed by atoms with Crippen LogP contribution in [0.1, 0.15) is 16.8 Å². The highest BCUT2D eigenvalue weighted by Gasteiger charge is 2.38. The number of hydrogen-bond donors (Lipinski definition) is 2. The number of carbonyl (C=O) groups excluding carboxylic acids is 3. The van der Waals surface area contributed by atoms with Crippen LogP contribution in [0.3, 0.4) is 0 Å². The highest BCUT2D eigenvalue weighted by atomic mass is 16.5. The molecule has 1 atom stereocenters. The van der Waals surface area contributed by atoms with Crippen molar-refractivity contribution in [1.29, 1.82) is 0 Å². The molecular weight excluding hydrogens is 300 g/mol. The number of rotatable bonds is 2. The Labute approximate surface area is 132 Å². The fraction of sp³-hybridized carbons (Fsp3) is 0.333. The summed E-state index contributed by atoms with van der Waals surface area (Å²) in [5.74, 6) is -0.287. The summed E-state index contributed by atoms with van der Waals surface area (Å²) in [6.07, 6.45) is 0.0571. The Hall–Kier alpha value is -2.90. The van der Waals surface area contributed by atoms with E-state index in [9.17, 15) is 14.4 Å². The lowest BCUT2D eigenvalue weighted by atomic mass is 10.1. The maximum Gasteiger partial charge on any atom is 0.280 e. The monoisotopic (exact) mass is 316 g/mol. The van der Waals surface area contributed by atoms with E-state index in [1.54, 1.807) is 29.2 Å². The molecule has 0 radical (unpaired) electrons. The van der Waals surface area contributed by atoms with Crippen molar-refractivity contribution in [2.45, 2.75) is 12.5 Å². The zero-order chi connectivity index (χ0) is 16.4. The molecule has 1 aromatic carbocycles. The molecule has 2 heterocycles. The van der Waals surface area contributed by atoms with Gasteiger partial charge in [-0.1, -0.05) is 0 Å². The molecule has 2 N–H and O–H groups in total. The number of aliphatic imine (C=N–C) groups is 1. The third kappa shape index (κ3) is 3.01. The molecule has 0 saturated carbocycles. The summed E-state index contributed by atoms with van der Waals surface area (Å²) in [5.41, 5.74) is 0.371. The van der Waals surface area contributed by atoms with Crippen LogP contribution in [0.15, 0.2) is 29.3 Å². The Kier molecular flexibility index (Phi) is 3.96. The minimum Gasteiger partial charge on any atom is -0.497 e. The number of fused-ring (bicyclic) bond motifs is 1. The van der Waals surface area contributed by atoms with Crippen molar-refractivity contribution in [2.24, 2.45) is 4.99 Å². The smallest absolute Gasteiger partial charge is 0.280 e. The maximum atomic E-state index is 12.3. The topological polar surface area (TPSA) is 100 Å². The number of carbonyl (C=O) groups is 3. The van der Waals surface area contributed by atoms with Crippen molar-refractivity contribution in [3.63, 3.8) is 0 Å². The first-order valence-corrected chi connectivity index (χ1v) is 7.20. The van der Waals surface area contributed by atoms with E-state index >= 15 is 0 Å². The third-order valence-corrected chi connectivity index (χ3v) is 3.78. The Morgan fingerprint density at radius 2 is 2.04 bits per heavy atom. The van der Waals surface area contributed by atoms with Crippen molar-refractivity contribution < 1.29 is 19.1 Å². The standard InChI is InChI=1S/C15H16N4O4/c1-23-10-4-2-9(3-5-10)13(21)18-15-17-12(20)8-11-14(22)16-6-7-19(11)15/h2-5,11H,6-8H2,1H3,(H,16,22)(H,17,18,20,21)/t11-/m0/s1. The van der Waals surface area contributed by atoms with Gasteiger partial charge in [0.05, 0.1) is 13.5 Å². The number of methoxy groups -OCH3 is 1. The summed E-state index contributed by atoms with van der Waals surface area (Å²) in [6.45, 7) is 0.937. The summed E-state index contributed by atoms with van der Waals surface area (Å²) in [6, 6.07) is 5.89. The Morgan fingerprint density at radius 3 is 2.74 bits per heavy atom. The molecule has 23 heavy (non-hydrogen) atoms. The second-order valence-electron chi connectivity index (χ2n) is 5.22. The second kappa shape index (κ2) is 6.07. The van der Waals surface area contributed by atoms with Crippen LogP contribution in [0.4, 0.5) is 0 Å². The number of nitrogens with one attached hydrogen (secondary N) is 2. The molecule has 8 nitrogen and oxygen atoms in total. The van der Waals surface area contributed by atoms with Crippen molar-refractivity contribution in [2.75, 3.05) is 20.2 Å². The molecule has 0 bridgehead atoms. The van der Waals surface area contributed by atoms with E-state index in [2.05, 4.69) is 15.6 Å². The van der Waals surface area contributed by atoms with Gasteiger partial charge in [0, 0.05) is 18.7 Å². The van der Waals surface area contributed by atoms with E-state index in [1.807, 2.05) is 0 Å². The van der Waals surface area contributed by atoms with E-state index in [0.717, 1.165) is 0 Å². The fourth-order valence-electron chi connectivity index (χ4n) is 2.58. The van der Waals surface area contributed by atoms with Gasteiger partial charge in [-0.15, -0.1) is 0 Å². The molecule has 8 heteroatoms. The predicted molar refractivity (Wildman–Crippen MR) is 81.0 cm³/mol. The van der Waals surface area contributed by atoms with Gasteiger partial charge in [0.15, 0.2) is 0 Å². The minimum absolute atomic E-state index is 0.0571. The molecule has 2 aliphatic heterocycles. The van der Waals surface area contributed by atoms with Crippen LogP contribution in [0.25, 0.3) is 0 Å². The molecule has 1 aromatic rings. The summed E-state index contributed by atoms with van der Waals surface area (Å²) in [7, 11) is 1.54. The molecule has 3 rings (SSSR count). The summed E-state index contributed by atoms with van der Waals surface area (Å²) in [5, 5.41) is 5.28. The molecule has 0 aromatic heterocycles. The van der Waals surface area contributed by atoms with Gasteiger partial charge in [-0.05, 0) is 24.3 Å². The molecule has 2 fully saturated rings. The number of piperazine rings is 1. The highest BCUT2D eigenvalue weighted by molar-refractivity contribution is 6.10. The molecule has 2 saturated heterocycles. The molecule has 0 unspecified atom stereocenters. The van der Waals surface area contributed by atoms with Gasteiger partial charge in [-0.25, -0.2) is 0 Å². The first-order valence-electron chi connectivity index (χ1n) is 7.20. The Morgan fingerprint density at radius 1 is 1.30 bits per heavy atom. The normalized spacial score (nSPS) is 22.2. The lowest BCUT2D eigenvalue weighted by Crippen LogP contribution is -2.65. The lowest BCUT2D eigenvalue weighted by molar-refractivity contribution is -0.133. The van der Waals surface area contributed by atoms with E-state index < -0.39 is 11.9 Å². The van der Waals surface area contributed by atoms with Crippen LogP contribution >= 0.6 is 0 Å². The summed E-state index contributed by atoms with van der Waals surface area (Å²) < 4.78 is 5.04. The van der Waals surface area contributed by atoms with Crippen molar-refractivity contribution in [3.8, 4) is 5.75 Å². The second-order valence-corrected chi connectivity index (χ2v) is 5.22. The summed E-state index contributed by atoms with van der Waals surface area (Å²) >= 11 is 0. The average molecular weight is 316 g/mol. The fourth-order valence-corrected chi connectivity index (χ4v) is 2.58. The van der Waals surface area contributed by atoms with E-state index in [1.165, 1.54) is 7.11 Å². The number of amides is 3. The average Bonchev–Trinajstić information content (AvgIpc) is 2.56. The van der Waals surface area contributed by atoms with Crippen LogP contribution in [0.2, 0.25) is 0 Å². The molecule has 120 valence electrons. The molecule has 2 aliphatic rings. The quantitative estimate of drug-likeness (QED) is 0.767. The molecule has 0 aliphatic carbocycles. The Balaban J connectivity index is 1.85. The first kappa shape index (κ1) is 15.0. The SMILES string of the molecule is COc1ccc(C(=O)N=C2NC(=O)C[C@H]3C(=O)NCCN23)cc1. The van der Waals surface area contributed by atoms with Crippen LogP contribution in [0.5, 0.6) is 5.75 Å². The van der Waals surface area contributed by atoms with Gasteiger partial charge >= 0.3 is 0 Å². The Bertz CT molecular complexity index is 683. The maximum absolute atomic E-state index is 12.3. The zero-order valence-corrected chi connectivity index (χ0v) is 12.5. The van der Waals surface area contributed by atoms with Gasteiger partial charge in [0.2, 0.25) is 17.8 Å². The summed E-state index contributed by atoms with van der Waals surface area (Å²) in [4.78, 5) is 41.5. The largest absolute Gasteiger partial charge is 0.497 e. The van der Waals surface area contributed by atoms with Crippen LogP contribution in [-0.4, -0.2) is 54.8 Å². The molecule has 0 spiro atoms. The van der Waals surface area contributed by atoms with Gasteiger partial charge < -0.3 is 15.0 Å². The third-order valence-electron chi connectivity index (χ3n) is 3.78. The van der Waals surface area contributed by atoms with E-state index in [0.29, 0.717) is 24.4 Å². The van der Waals surface area contributed by atoms with Crippen molar-refractivity contribution >= 4 is 23.7 Å². The first-order chi connectivity index (χ1) is 11.1. The van der Waals surface area contributed by atoms with Crippen LogP contribution in [-0.2, 0) is 9.59 Å². The van der Waals surface area contributed by atoms with Gasteiger partial charge in [0.1, 0.15) is 11.8 Å².